The Morgan fingerprint density at radius 3 is 2.42 bits per heavy atom. The maximum absolute atomic E-state index is 12.1. The molecule has 96 valence electrons. The predicted octanol–water partition coefficient (Wildman–Crippen LogP) is 1.80. The molecule has 2 aromatic rings. The number of aromatic hydroxyl groups is 1. The monoisotopic (exact) mass is 257 g/mol. The first kappa shape index (κ1) is 12.8. The van der Waals surface area contributed by atoms with E-state index in [1.807, 2.05) is 0 Å². The minimum absolute atomic E-state index is 0.205. The van der Waals surface area contributed by atoms with E-state index in [-0.39, 0.29) is 22.8 Å². The van der Waals surface area contributed by atoms with E-state index >= 15 is 0 Å². The van der Waals surface area contributed by atoms with Gasteiger partial charge in [-0.25, -0.2) is 9.78 Å². The molecule has 0 atom stereocenters. The second-order valence-corrected chi connectivity index (χ2v) is 3.78. The highest BCUT2D eigenvalue weighted by Gasteiger charge is 2.17. The number of carbonyl (C=O) groups excluding carboxylic acids is 2. The molecule has 0 saturated carbocycles. The number of ketones is 1. The van der Waals surface area contributed by atoms with Crippen molar-refractivity contribution in [2.75, 3.05) is 7.11 Å². The third-order valence-corrected chi connectivity index (χ3v) is 2.54. The van der Waals surface area contributed by atoms with Gasteiger partial charge in [0, 0.05) is 17.3 Å². The molecule has 0 amide bonds. The zero-order valence-electron chi connectivity index (χ0n) is 10.2. The van der Waals surface area contributed by atoms with E-state index in [2.05, 4.69) is 9.72 Å². The Kier molecular flexibility index (Phi) is 3.56. The summed E-state index contributed by atoms with van der Waals surface area (Å²) in [5.74, 6) is -1.41. The number of hydrogen-bond donors (Lipinski definition) is 1. The highest BCUT2D eigenvalue weighted by Crippen LogP contribution is 2.19. The van der Waals surface area contributed by atoms with Gasteiger partial charge in [0.2, 0.25) is 0 Å². The zero-order valence-corrected chi connectivity index (χ0v) is 10.2. The summed E-state index contributed by atoms with van der Waals surface area (Å²) in [6, 6.07) is 9.80. The highest BCUT2D eigenvalue weighted by molar-refractivity contribution is 6.09. The van der Waals surface area contributed by atoms with Gasteiger partial charge in [0.25, 0.3) is 0 Å². The molecule has 5 nitrogen and oxygen atoms in total. The van der Waals surface area contributed by atoms with Gasteiger partial charge in [-0.05, 0) is 6.07 Å². The number of esters is 1. The van der Waals surface area contributed by atoms with Crippen LogP contribution in [0.15, 0.2) is 42.6 Å². The lowest BCUT2D eigenvalue weighted by atomic mass is 10.0. The number of benzene rings is 1. The fraction of sp³-hybridized carbons (Fsp3) is 0.0714. The van der Waals surface area contributed by atoms with Gasteiger partial charge in [-0.2, -0.15) is 0 Å². The lowest BCUT2D eigenvalue weighted by Gasteiger charge is -2.04. The molecule has 0 radical (unpaired) electrons. The maximum Gasteiger partial charge on any atom is 0.360 e. The molecule has 0 unspecified atom stereocenters. The molecule has 0 bridgehead atoms. The van der Waals surface area contributed by atoms with Crippen molar-refractivity contribution in [3.63, 3.8) is 0 Å². The summed E-state index contributed by atoms with van der Waals surface area (Å²) in [7, 11) is 1.19. The van der Waals surface area contributed by atoms with Crippen molar-refractivity contribution in [3.8, 4) is 5.75 Å². The summed E-state index contributed by atoms with van der Waals surface area (Å²) in [4.78, 5) is 27.1. The average molecular weight is 257 g/mol. The molecule has 5 heteroatoms. The van der Waals surface area contributed by atoms with Gasteiger partial charge in [-0.15, -0.1) is 0 Å². The lowest BCUT2D eigenvalue weighted by Crippen LogP contribution is -2.07. The van der Waals surface area contributed by atoms with Crippen LogP contribution in [0.5, 0.6) is 5.75 Å². The molecule has 1 N–H and O–H groups in total. The summed E-state index contributed by atoms with van der Waals surface area (Å²) < 4.78 is 4.46. The number of methoxy groups -OCH3 is 1. The molecule has 0 aliphatic rings. The van der Waals surface area contributed by atoms with E-state index in [0.29, 0.717) is 5.56 Å². The number of nitrogens with zero attached hydrogens (tertiary/aromatic N) is 1. The van der Waals surface area contributed by atoms with Gasteiger partial charge in [0.1, 0.15) is 5.75 Å². The molecule has 1 heterocycles. The van der Waals surface area contributed by atoms with Crippen LogP contribution in [-0.4, -0.2) is 29.0 Å². The van der Waals surface area contributed by atoms with E-state index in [1.165, 1.54) is 19.4 Å². The summed E-state index contributed by atoms with van der Waals surface area (Å²) in [6.07, 6.45) is 1.24. The van der Waals surface area contributed by atoms with Crippen LogP contribution in [-0.2, 0) is 4.74 Å². The smallest absolute Gasteiger partial charge is 0.360 e. The molecular weight excluding hydrogens is 246 g/mol. The Morgan fingerprint density at radius 1 is 1.16 bits per heavy atom. The number of pyridine rings is 1. The second-order valence-electron chi connectivity index (χ2n) is 3.78. The molecule has 1 aromatic carbocycles. The number of ether oxygens (including phenoxy) is 1. The summed E-state index contributed by atoms with van der Waals surface area (Å²) >= 11 is 0. The normalized spacial score (nSPS) is 9.95. The van der Waals surface area contributed by atoms with Crippen molar-refractivity contribution in [3.05, 3.63) is 59.4 Å². The minimum atomic E-state index is -0.754. The quantitative estimate of drug-likeness (QED) is 0.670. The van der Waals surface area contributed by atoms with Gasteiger partial charge in [-0.3, -0.25) is 4.79 Å². The van der Waals surface area contributed by atoms with Crippen LogP contribution in [0, 0.1) is 0 Å². The largest absolute Gasteiger partial charge is 0.505 e. The van der Waals surface area contributed by atoms with Crippen molar-refractivity contribution in [1.29, 1.82) is 0 Å². The molecule has 1 aromatic heterocycles. The van der Waals surface area contributed by atoms with Crippen molar-refractivity contribution in [1.82, 2.24) is 4.98 Å². The first-order valence-electron chi connectivity index (χ1n) is 5.50. The molecule has 0 saturated heterocycles. The van der Waals surface area contributed by atoms with E-state index < -0.39 is 5.97 Å². The van der Waals surface area contributed by atoms with E-state index in [1.54, 1.807) is 30.3 Å². The Morgan fingerprint density at radius 2 is 1.84 bits per heavy atom. The molecule has 0 spiro atoms. The van der Waals surface area contributed by atoms with Gasteiger partial charge < -0.3 is 9.84 Å². The number of hydrogen-bond acceptors (Lipinski definition) is 5. The molecule has 0 aliphatic carbocycles. The summed E-state index contributed by atoms with van der Waals surface area (Å²) in [5, 5.41) is 9.67. The van der Waals surface area contributed by atoms with Gasteiger partial charge in [0.05, 0.1) is 7.11 Å². The lowest BCUT2D eigenvalue weighted by molar-refractivity contribution is 0.0590. The van der Waals surface area contributed by atoms with Crippen molar-refractivity contribution < 1.29 is 19.4 Å². The Bertz CT molecular complexity index is 623. The number of aromatic nitrogens is 1. The minimum Gasteiger partial charge on any atom is -0.505 e. The third-order valence-electron chi connectivity index (χ3n) is 2.54. The predicted molar refractivity (Wildman–Crippen MR) is 67.1 cm³/mol. The van der Waals surface area contributed by atoms with Crippen LogP contribution in [0.25, 0.3) is 0 Å². The summed E-state index contributed by atoms with van der Waals surface area (Å²) in [6.45, 7) is 0. The van der Waals surface area contributed by atoms with Crippen LogP contribution >= 0.6 is 0 Å². The topological polar surface area (TPSA) is 76.5 Å². The number of carbonyl (C=O) groups is 2. The Hall–Kier alpha value is -2.69. The highest BCUT2D eigenvalue weighted by atomic mass is 16.5. The van der Waals surface area contributed by atoms with Crippen LogP contribution in [0.4, 0.5) is 0 Å². The third kappa shape index (κ3) is 2.60. The number of rotatable bonds is 3. The van der Waals surface area contributed by atoms with Crippen LogP contribution in [0.3, 0.4) is 0 Å². The molecular formula is C14H11NO4. The van der Waals surface area contributed by atoms with E-state index in [4.69, 9.17) is 0 Å². The first-order valence-corrected chi connectivity index (χ1v) is 5.50. The fourth-order valence-corrected chi connectivity index (χ4v) is 1.59. The van der Waals surface area contributed by atoms with Crippen LogP contribution < -0.4 is 0 Å². The van der Waals surface area contributed by atoms with Gasteiger partial charge in [-0.1, -0.05) is 30.3 Å². The Balaban J connectivity index is 2.35. The van der Waals surface area contributed by atoms with E-state index in [9.17, 15) is 14.7 Å². The van der Waals surface area contributed by atoms with Crippen molar-refractivity contribution in [2.24, 2.45) is 0 Å². The fourth-order valence-electron chi connectivity index (χ4n) is 1.59. The first-order chi connectivity index (χ1) is 9.13. The zero-order chi connectivity index (χ0) is 13.8. The van der Waals surface area contributed by atoms with Gasteiger partial charge >= 0.3 is 5.97 Å². The van der Waals surface area contributed by atoms with Crippen LogP contribution in [0.2, 0.25) is 0 Å². The summed E-state index contributed by atoms with van der Waals surface area (Å²) in [5.41, 5.74) is 0.470. The standard InChI is InChI=1S/C14H11NO4/c1-19-14(18)12-11(16)7-10(8-15-12)13(17)9-5-3-2-4-6-9/h2-8,16H,1H3. The van der Waals surface area contributed by atoms with Gasteiger partial charge in [0.15, 0.2) is 11.5 Å². The van der Waals surface area contributed by atoms with E-state index in [0.717, 1.165) is 0 Å². The average Bonchev–Trinajstić information content (AvgIpc) is 2.46. The SMILES string of the molecule is COC(=O)c1ncc(C(=O)c2ccccc2)cc1O. The molecule has 2 rings (SSSR count). The second kappa shape index (κ2) is 5.30. The van der Waals surface area contributed by atoms with Crippen molar-refractivity contribution in [2.45, 2.75) is 0 Å². The molecule has 0 fully saturated rings. The van der Waals surface area contributed by atoms with Crippen LogP contribution in [0.1, 0.15) is 26.4 Å². The Labute approximate surface area is 109 Å². The maximum atomic E-state index is 12.1. The molecule has 19 heavy (non-hydrogen) atoms. The van der Waals surface area contributed by atoms with Crippen molar-refractivity contribution >= 4 is 11.8 Å². The molecule has 0 aliphatic heterocycles.